The predicted octanol–water partition coefficient (Wildman–Crippen LogP) is 5.63. The van der Waals surface area contributed by atoms with Gasteiger partial charge in [0, 0.05) is 22.8 Å². The van der Waals surface area contributed by atoms with E-state index >= 15 is 0 Å². The van der Waals surface area contributed by atoms with Gasteiger partial charge in [-0.2, -0.15) is 0 Å². The average Bonchev–Trinajstić information content (AvgIpc) is 3.32. The van der Waals surface area contributed by atoms with Crippen LogP contribution in [0.3, 0.4) is 0 Å². The number of pyridine rings is 1. The zero-order valence-electron chi connectivity index (χ0n) is 17.4. The van der Waals surface area contributed by atoms with Crippen molar-refractivity contribution in [2.45, 2.75) is 58.2 Å². The molecule has 5 heteroatoms. The molecule has 2 aliphatic rings. The highest BCUT2D eigenvalue weighted by atomic mass is 35.5. The van der Waals surface area contributed by atoms with Gasteiger partial charge in [-0.25, -0.2) is 0 Å². The molecule has 0 radical (unpaired) electrons. The van der Waals surface area contributed by atoms with E-state index < -0.39 is 0 Å². The number of fused-ring (bicyclic) bond motifs is 1. The van der Waals surface area contributed by atoms with Gasteiger partial charge in [0.05, 0.1) is 6.04 Å². The molecule has 1 aromatic carbocycles. The Morgan fingerprint density at radius 1 is 1.03 bits per heavy atom. The highest BCUT2D eigenvalue weighted by Gasteiger charge is 2.46. The van der Waals surface area contributed by atoms with Crippen LogP contribution in [0.1, 0.15) is 55.2 Å². The zero-order chi connectivity index (χ0) is 20.3. The summed E-state index contributed by atoms with van der Waals surface area (Å²) in [5, 5.41) is 9.38. The van der Waals surface area contributed by atoms with Crippen LogP contribution < -0.4 is 0 Å². The summed E-state index contributed by atoms with van der Waals surface area (Å²) in [6.45, 7) is 8.80. The quantitative estimate of drug-likeness (QED) is 0.527. The van der Waals surface area contributed by atoms with Gasteiger partial charge in [-0.15, -0.1) is 10.2 Å². The fraction of sp³-hybridized carbons (Fsp3) is 0.417. The lowest BCUT2D eigenvalue weighted by molar-refractivity contribution is 0.0611. The molecule has 2 aromatic heterocycles. The molecule has 2 atom stereocenters. The molecule has 29 heavy (non-hydrogen) atoms. The molecule has 3 aromatic rings. The molecule has 0 spiro atoms. The molecule has 150 valence electrons. The predicted molar refractivity (Wildman–Crippen MR) is 117 cm³/mol. The van der Waals surface area contributed by atoms with Crippen molar-refractivity contribution >= 4 is 17.2 Å². The Labute approximate surface area is 177 Å². The van der Waals surface area contributed by atoms with Crippen LogP contribution in [0, 0.1) is 19.8 Å². The largest absolute Gasteiger partial charge is 0.286 e. The summed E-state index contributed by atoms with van der Waals surface area (Å²) in [5.74, 6) is 1.68. The van der Waals surface area contributed by atoms with E-state index in [-0.39, 0.29) is 11.6 Å². The Balaban J connectivity index is 1.61. The summed E-state index contributed by atoms with van der Waals surface area (Å²) in [7, 11) is 0. The standard InChI is InChI=1S/C24H27ClN4/c1-15-13-18(14-28-16(2)26-27-23(15)28)22-12-11-21(17-5-6-17)29(22)24(3,4)19-7-9-20(25)10-8-19/h7-14,17,21-22H,5-6H2,1-4H3/t21-,22+/m0/s1. The molecule has 4 nitrogen and oxygen atoms in total. The summed E-state index contributed by atoms with van der Waals surface area (Å²) in [4.78, 5) is 2.69. The number of rotatable bonds is 4. The number of aryl methyl sites for hydroxylation is 2. The molecule has 1 aliphatic carbocycles. The van der Waals surface area contributed by atoms with Crippen molar-refractivity contribution in [3.63, 3.8) is 0 Å². The van der Waals surface area contributed by atoms with E-state index in [4.69, 9.17) is 11.6 Å². The first kappa shape index (κ1) is 18.8. The first-order valence-corrected chi connectivity index (χ1v) is 10.8. The van der Waals surface area contributed by atoms with E-state index in [1.54, 1.807) is 0 Å². The Morgan fingerprint density at radius 2 is 1.76 bits per heavy atom. The monoisotopic (exact) mass is 406 g/mol. The lowest BCUT2D eigenvalue weighted by Crippen LogP contribution is -2.47. The van der Waals surface area contributed by atoms with Crippen molar-refractivity contribution < 1.29 is 0 Å². The normalized spacial score (nSPS) is 22.7. The molecule has 3 heterocycles. The maximum absolute atomic E-state index is 6.17. The summed E-state index contributed by atoms with van der Waals surface area (Å²) < 4.78 is 2.12. The molecular formula is C24H27ClN4. The summed E-state index contributed by atoms with van der Waals surface area (Å²) in [6, 6.07) is 11.3. The number of benzene rings is 1. The third-order valence-electron chi connectivity index (χ3n) is 6.63. The molecule has 0 unspecified atom stereocenters. The van der Waals surface area contributed by atoms with Crippen molar-refractivity contribution in [1.29, 1.82) is 0 Å². The van der Waals surface area contributed by atoms with Crippen molar-refractivity contribution in [2.24, 2.45) is 5.92 Å². The molecular weight excluding hydrogens is 380 g/mol. The molecule has 5 rings (SSSR count). The van der Waals surface area contributed by atoms with Gasteiger partial charge in [0.2, 0.25) is 0 Å². The van der Waals surface area contributed by atoms with Crippen LogP contribution in [-0.4, -0.2) is 25.5 Å². The summed E-state index contributed by atoms with van der Waals surface area (Å²) >= 11 is 6.17. The van der Waals surface area contributed by atoms with Gasteiger partial charge in [-0.05, 0) is 81.3 Å². The van der Waals surface area contributed by atoms with E-state index in [0.29, 0.717) is 6.04 Å². The van der Waals surface area contributed by atoms with Gasteiger partial charge in [0.15, 0.2) is 5.65 Å². The van der Waals surface area contributed by atoms with Crippen molar-refractivity contribution in [3.8, 4) is 0 Å². The Kier molecular flexibility index (Phi) is 4.34. The maximum Gasteiger partial charge on any atom is 0.163 e. The van der Waals surface area contributed by atoms with E-state index in [0.717, 1.165) is 28.0 Å². The maximum atomic E-state index is 6.17. The summed E-state index contributed by atoms with van der Waals surface area (Å²) in [5.41, 5.74) is 4.56. The van der Waals surface area contributed by atoms with Gasteiger partial charge in [0.1, 0.15) is 5.82 Å². The van der Waals surface area contributed by atoms with E-state index in [9.17, 15) is 0 Å². The van der Waals surface area contributed by atoms with Gasteiger partial charge in [0.25, 0.3) is 0 Å². The Morgan fingerprint density at radius 3 is 2.45 bits per heavy atom. The van der Waals surface area contributed by atoms with E-state index in [1.807, 2.05) is 19.1 Å². The number of aromatic nitrogens is 3. The van der Waals surface area contributed by atoms with Gasteiger partial charge in [-0.1, -0.05) is 35.9 Å². The molecule has 1 fully saturated rings. The van der Waals surface area contributed by atoms with E-state index in [1.165, 1.54) is 24.0 Å². The second-order valence-electron chi connectivity index (χ2n) is 9.03. The Bertz CT molecular complexity index is 1090. The van der Waals surface area contributed by atoms with Crippen LogP contribution in [0.25, 0.3) is 5.65 Å². The number of nitrogens with zero attached hydrogens (tertiary/aromatic N) is 4. The third kappa shape index (κ3) is 3.10. The summed E-state index contributed by atoms with van der Waals surface area (Å²) in [6.07, 6.45) is 9.67. The smallest absolute Gasteiger partial charge is 0.163 e. The molecule has 1 saturated carbocycles. The third-order valence-corrected chi connectivity index (χ3v) is 6.89. The minimum absolute atomic E-state index is 0.128. The number of hydrogen-bond acceptors (Lipinski definition) is 3. The second kappa shape index (κ2) is 6.68. The average molecular weight is 407 g/mol. The molecule has 1 aliphatic heterocycles. The van der Waals surface area contributed by atoms with Crippen LogP contribution >= 0.6 is 11.6 Å². The first-order chi connectivity index (χ1) is 13.9. The van der Waals surface area contributed by atoms with Crippen molar-refractivity contribution in [2.75, 3.05) is 0 Å². The van der Waals surface area contributed by atoms with Gasteiger partial charge in [-0.3, -0.25) is 9.30 Å². The van der Waals surface area contributed by atoms with Crippen LogP contribution in [0.5, 0.6) is 0 Å². The zero-order valence-corrected chi connectivity index (χ0v) is 18.2. The topological polar surface area (TPSA) is 33.4 Å². The lowest BCUT2D eigenvalue weighted by atomic mass is 9.88. The van der Waals surface area contributed by atoms with Gasteiger partial charge >= 0.3 is 0 Å². The minimum atomic E-state index is -0.128. The molecule has 0 saturated heterocycles. The fourth-order valence-corrected chi connectivity index (χ4v) is 4.99. The molecule has 0 amide bonds. The van der Waals surface area contributed by atoms with Crippen LogP contribution in [0.4, 0.5) is 0 Å². The first-order valence-electron chi connectivity index (χ1n) is 10.4. The van der Waals surface area contributed by atoms with Crippen LogP contribution in [-0.2, 0) is 5.54 Å². The van der Waals surface area contributed by atoms with E-state index in [2.05, 4.69) is 76.8 Å². The SMILES string of the molecule is Cc1cc([C@H]2C=C[C@@H](C3CC3)N2C(C)(C)c2ccc(Cl)cc2)cn2c(C)nnc12. The number of halogens is 1. The minimum Gasteiger partial charge on any atom is -0.286 e. The lowest BCUT2D eigenvalue weighted by Gasteiger charge is -2.44. The Hall–Kier alpha value is -2.17. The molecule has 0 N–H and O–H groups in total. The highest BCUT2D eigenvalue weighted by Crippen LogP contribution is 2.49. The van der Waals surface area contributed by atoms with Crippen LogP contribution in [0.2, 0.25) is 5.02 Å². The molecule has 0 bridgehead atoms. The van der Waals surface area contributed by atoms with Crippen molar-refractivity contribution in [3.05, 3.63) is 76.2 Å². The second-order valence-corrected chi connectivity index (χ2v) is 9.46. The van der Waals surface area contributed by atoms with Gasteiger partial charge < -0.3 is 0 Å². The fourth-order valence-electron chi connectivity index (χ4n) is 4.87. The highest BCUT2D eigenvalue weighted by molar-refractivity contribution is 6.30. The number of hydrogen-bond donors (Lipinski definition) is 0. The van der Waals surface area contributed by atoms with Crippen LogP contribution in [0.15, 0.2) is 48.7 Å². The van der Waals surface area contributed by atoms with Crippen molar-refractivity contribution in [1.82, 2.24) is 19.5 Å².